The van der Waals surface area contributed by atoms with Crippen LogP contribution in [-0.4, -0.2) is 5.11 Å². The molecule has 0 spiro atoms. The van der Waals surface area contributed by atoms with Crippen molar-refractivity contribution in [2.75, 3.05) is 0 Å². The lowest BCUT2D eigenvalue weighted by atomic mass is 10.0. The third-order valence-corrected chi connectivity index (χ3v) is 2.90. The van der Waals surface area contributed by atoms with Gasteiger partial charge in [-0.15, -0.1) is 0 Å². The molecule has 0 saturated heterocycles. The first-order chi connectivity index (χ1) is 8.52. The lowest BCUT2D eigenvalue weighted by molar-refractivity contribution is 0.212. The summed E-state index contributed by atoms with van der Waals surface area (Å²) in [5, 5.41) is 10.2. The monoisotopic (exact) mass is 272 g/mol. The van der Waals surface area contributed by atoms with E-state index in [2.05, 4.69) is 0 Å². The van der Waals surface area contributed by atoms with Crippen LogP contribution < -0.4 is 0 Å². The Bertz CT molecular complexity index is 586. The third kappa shape index (κ3) is 2.21. The summed E-state index contributed by atoms with van der Waals surface area (Å²) in [6.07, 6.45) is -1.45. The molecule has 0 aromatic heterocycles. The quantitative estimate of drug-likeness (QED) is 0.824. The van der Waals surface area contributed by atoms with Crippen molar-refractivity contribution >= 4 is 11.6 Å². The van der Waals surface area contributed by atoms with Crippen molar-refractivity contribution in [3.05, 3.63) is 70.0 Å². The Balaban J connectivity index is 2.50. The van der Waals surface area contributed by atoms with E-state index in [4.69, 9.17) is 11.6 Å². The van der Waals surface area contributed by atoms with Gasteiger partial charge in [-0.25, -0.2) is 13.2 Å². The third-order valence-electron chi connectivity index (χ3n) is 2.56. The summed E-state index contributed by atoms with van der Waals surface area (Å²) in [6.45, 7) is 0. The number of hydrogen-bond donors (Lipinski definition) is 1. The Morgan fingerprint density at radius 1 is 0.889 bits per heavy atom. The molecule has 1 N–H and O–H groups in total. The van der Waals surface area contributed by atoms with E-state index in [-0.39, 0.29) is 16.1 Å². The molecular weight excluding hydrogens is 265 g/mol. The van der Waals surface area contributed by atoms with Crippen LogP contribution in [0.5, 0.6) is 0 Å². The predicted molar refractivity (Wildman–Crippen MR) is 61.8 cm³/mol. The molecule has 2 rings (SSSR count). The van der Waals surface area contributed by atoms with Gasteiger partial charge in [-0.1, -0.05) is 35.9 Å². The van der Waals surface area contributed by atoms with Gasteiger partial charge in [0.25, 0.3) is 0 Å². The normalized spacial score (nSPS) is 12.5. The van der Waals surface area contributed by atoms with Crippen LogP contribution in [0.25, 0.3) is 0 Å². The van der Waals surface area contributed by atoms with E-state index >= 15 is 0 Å². The van der Waals surface area contributed by atoms with Crippen LogP contribution in [0, 0.1) is 17.5 Å². The average molecular weight is 273 g/mol. The summed E-state index contributed by atoms with van der Waals surface area (Å²) in [6, 6.07) is 7.98. The zero-order chi connectivity index (χ0) is 13.3. The summed E-state index contributed by atoms with van der Waals surface area (Å²) in [5.74, 6) is -4.33. The van der Waals surface area contributed by atoms with Gasteiger partial charge >= 0.3 is 0 Å². The molecular formula is C13H8ClF3O. The molecule has 0 aliphatic carbocycles. The Morgan fingerprint density at radius 3 is 2.22 bits per heavy atom. The number of rotatable bonds is 2. The van der Waals surface area contributed by atoms with Gasteiger partial charge in [0.1, 0.15) is 6.10 Å². The van der Waals surface area contributed by atoms with Gasteiger partial charge in [0.05, 0.1) is 0 Å². The number of hydrogen-bond acceptors (Lipinski definition) is 1. The van der Waals surface area contributed by atoms with Crippen LogP contribution in [0.1, 0.15) is 17.2 Å². The van der Waals surface area contributed by atoms with Crippen LogP contribution in [0.4, 0.5) is 13.2 Å². The Kier molecular flexibility index (Phi) is 3.59. The molecule has 0 radical (unpaired) electrons. The standard InChI is InChI=1S/C13H8ClF3O/c14-9-4-2-1-3-7(9)13(18)8-5-6-10(15)12(17)11(8)16/h1-6,13,18H. The van der Waals surface area contributed by atoms with E-state index in [9.17, 15) is 18.3 Å². The summed E-state index contributed by atoms with van der Waals surface area (Å²) in [5.41, 5.74) is -0.133. The van der Waals surface area contributed by atoms with Gasteiger partial charge < -0.3 is 5.11 Å². The van der Waals surface area contributed by atoms with Crippen LogP contribution in [-0.2, 0) is 0 Å². The van der Waals surface area contributed by atoms with Gasteiger partial charge in [-0.3, -0.25) is 0 Å². The molecule has 0 bridgehead atoms. The second-order valence-electron chi connectivity index (χ2n) is 3.69. The molecule has 0 saturated carbocycles. The highest BCUT2D eigenvalue weighted by Crippen LogP contribution is 2.30. The highest BCUT2D eigenvalue weighted by atomic mass is 35.5. The number of aliphatic hydroxyl groups is 1. The zero-order valence-corrected chi connectivity index (χ0v) is 9.76. The second-order valence-corrected chi connectivity index (χ2v) is 4.10. The van der Waals surface area contributed by atoms with Crippen LogP contribution >= 0.6 is 11.6 Å². The second kappa shape index (κ2) is 5.00. The molecule has 2 aromatic carbocycles. The van der Waals surface area contributed by atoms with Crippen LogP contribution in [0.2, 0.25) is 5.02 Å². The maximum Gasteiger partial charge on any atom is 0.194 e. The van der Waals surface area contributed by atoms with Gasteiger partial charge in [0, 0.05) is 16.1 Å². The van der Waals surface area contributed by atoms with E-state index in [0.29, 0.717) is 0 Å². The number of halogens is 4. The van der Waals surface area contributed by atoms with E-state index < -0.39 is 23.6 Å². The van der Waals surface area contributed by atoms with Crippen LogP contribution in [0.3, 0.4) is 0 Å². The van der Waals surface area contributed by atoms with Crippen molar-refractivity contribution in [1.82, 2.24) is 0 Å². The van der Waals surface area contributed by atoms with Crippen molar-refractivity contribution in [2.24, 2.45) is 0 Å². The fraction of sp³-hybridized carbons (Fsp3) is 0.0769. The van der Waals surface area contributed by atoms with Crippen molar-refractivity contribution in [3.8, 4) is 0 Å². The molecule has 1 unspecified atom stereocenters. The van der Waals surface area contributed by atoms with E-state index in [1.807, 2.05) is 0 Å². The molecule has 1 nitrogen and oxygen atoms in total. The SMILES string of the molecule is OC(c1ccccc1Cl)c1ccc(F)c(F)c1F. The van der Waals surface area contributed by atoms with E-state index in [1.54, 1.807) is 12.1 Å². The van der Waals surface area contributed by atoms with Crippen molar-refractivity contribution < 1.29 is 18.3 Å². The average Bonchev–Trinajstić information content (AvgIpc) is 2.36. The molecule has 0 amide bonds. The lowest BCUT2D eigenvalue weighted by Gasteiger charge is -2.14. The zero-order valence-electron chi connectivity index (χ0n) is 9.00. The minimum atomic E-state index is -1.61. The molecule has 1 atom stereocenters. The molecule has 0 heterocycles. The largest absolute Gasteiger partial charge is 0.383 e. The maximum absolute atomic E-state index is 13.5. The van der Waals surface area contributed by atoms with E-state index in [1.165, 1.54) is 12.1 Å². The van der Waals surface area contributed by atoms with Crippen molar-refractivity contribution in [2.45, 2.75) is 6.10 Å². The first kappa shape index (κ1) is 12.9. The fourth-order valence-electron chi connectivity index (χ4n) is 1.62. The van der Waals surface area contributed by atoms with Crippen molar-refractivity contribution in [1.29, 1.82) is 0 Å². The topological polar surface area (TPSA) is 20.2 Å². The maximum atomic E-state index is 13.5. The van der Waals surface area contributed by atoms with Gasteiger partial charge in [0.15, 0.2) is 17.5 Å². The molecule has 5 heteroatoms. The molecule has 0 aliphatic rings. The minimum Gasteiger partial charge on any atom is -0.383 e. The molecule has 2 aromatic rings. The molecule has 18 heavy (non-hydrogen) atoms. The smallest absolute Gasteiger partial charge is 0.194 e. The van der Waals surface area contributed by atoms with Gasteiger partial charge in [-0.05, 0) is 12.1 Å². The van der Waals surface area contributed by atoms with Gasteiger partial charge in [0.2, 0.25) is 0 Å². The molecule has 94 valence electrons. The van der Waals surface area contributed by atoms with Crippen LogP contribution in [0.15, 0.2) is 36.4 Å². The number of benzene rings is 2. The molecule has 0 aliphatic heterocycles. The number of aliphatic hydroxyl groups excluding tert-OH is 1. The van der Waals surface area contributed by atoms with Gasteiger partial charge in [-0.2, -0.15) is 0 Å². The summed E-state index contributed by atoms with van der Waals surface area (Å²) < 4.78 is 39.4. The Morgan fingerprint density at radius 2 is 1.56 bits per heavy atom. The first-order valence-corrected chi connectivity index (χ1v) is 5.46. The Hall–Kier alpha value is -1.52. The highest BCUT2D eigenvalue weighted by molar-refractivity contribution is 6.31. The highest BCUT2D eigenvalue weighted by Gasteiger charge is 2.21. The Labute approximate surface area is 106 Å². The predicted octanol–water partition coefficient (Wildman–Crippen LogP) is 3.84. The molecule has 0 fully saturated rings. The first-order valence-electron chi connectivity index (χ1n) is 5.08. The summed E-state index contributed by atoms with van der Waals surface area (Å²) in [4.78, 5) is 0. The lowest BCUT2D eigenvalue weighted by Crippen LogP contribution is -2.06. The summed E-state index contributed by atoms with van der Waals surface area (Å²) >= 11 is 5.84. The van der Waals surface area contributed by atoms with E-state index in [0.717, 1.165) is 12.1 Å². The van der Waals surface area contributed by atoms with Crippen molar-refractivity contribution in [3.63, 3.8) is 0 Å². The fourth-order valence-corrected chi connectivity index (χ4v) is 1.86. The summed E-state index contributed by atoms with van der Waals surface area (Å²) in [7, 11) is 0. The minimum absolute atomic E-state index is 0.217.